The maximum absolute atomic E-state index is 12.7. The smallest absolute Gasteiger partial charge is 0.306 e. The molecule has 0 spiro atoms. The number of carbonyl (C=O) groups is 2. The van der Waals surface area contributed by atoms with Crippen LogP contribution in [0.3, 0.4) is 0 Å². The molecule has 0 radical (unpaired) electrons. The molecule has 0 aliphatic rings. The zero-order chi connectivity index (χ0) is 44.3. The van der Waals surface area contributed by atoms with Gasteiger partial charge in [-0.05, 0) is 64.2 Å². The van der Waals surface area contributed by atoms with Gasteiger partial charge in [-0.25, -0.2) is 0 Å². The predicted molar refractivity (Wildman–Crippen MR) is 249 cm³/mol. The Kier molecular flexibility index (Phi) is 39.6. The molecule has 60 heavy (non-hydrogen) atoms. The number of phosphoric ester groups is 1. The summed E-state index contributed by atoms with van der Waals surface area (Å²) in [5.74, 6) is -0.887. The Balaban J connectivity index is 4.27. The van der Waals surface area contributed by atoms with Crippen molar-refractivity contribution in [3.63, 3.8) is 0 Å². The molecule has 0 aromatic carbocycles. The number of quaternary nitrogens is 1. The number of hydrogen-bond acceptors (Lipinski definition) is 8. The van der Waals surface area contributed by atoms with E-state index in [-0.39, 0.29) is 26.1 Å². The highest BCUT2D eigenvalue weighted by molar-refractivity contribution is 7.45. The summed E-state index contributed by atoms with van der Waals surface area (Å²) in [5.41, 5.74) is 0. The van der Waals surface area contributed by atoms with Crippen molar-refractivity contribution < 1.29 is 42.1 Å². The molecular formula is C50H86NO8P. The van der Waals surface area contributed by atoms with Gasteiger partial charge in [0.1, 0.15) is 19.8 Å². The zero-order valence-corrected chi connectivity index (χ0v) is 39.5. The molecule has 2 atom stereocenters. The van der Waals surface area contributed by atoms with Gasteiger partial charge >= 0.3 is 11.9 Å². The number of unbranched alkanes of at least 4 members (excludes halogenated alkanes) is 16. The molecule has 0 fully saturated rings. The maximum Gasteiger partial charge on any atom is 0.306 e. The average molecular weight is 860 g/mol. The molecular weight excluding hydrogens is 774 g/mol. The lowest BCUT2D eigenvalue weighted by Gasteiger charge is -2.28. The Morgan fingerprint density at radius 1 is 0.533 bits per heavy atom. The minimum absolute atomic E-state index is 0.0430. The summed E-state index contributed by atoms with van der Waals surface area (Å²) in [6.45, 7) is 3.91. The molecule has 0 saturated heterocycles. The van der Waals surface area contributed by atoms with Gasteiger partial charge in [0.05, 0.1) is 27.7 Å². The van der Waals surface area contributed by atoms with Crippen LogP contribution in [0.25, 0.3) is 0 Å². The summed E-state index contributed by atoms with van der Waals surface area (Å²) in [7, 11) is 1.12. The van der Waals surface area contributed by atoms with Crippen LogP contribution in [-0.2, 0) is 32.7 Å². The van der Waals surface area contributed by atoms with Gasteiger partial charge < -0.3 is 27.9 Å². The summed E-state index contributed by atoms with van der Waals surface area (Å²) in [5, 5.41) is 0. The monoisotopic (exact) mass is 860 g/mol. The van der Waals surface area contributed by atoms with Gasteiger partial charge in [-0.15, -0.1) is 0 Å². The minimum atomic E-state index is -4.64. The Hall–Kier alpha value is -2.81. The number of rotatable bonds is 41. The number of phosphoric acid groups is 1. The Morgan fingerprint density at radius 3 is 1.55 bits per heavy atom. The Morgan fingerprint density at radius 2 is 0.983 bits per heavy atom. The van der Waals surface area contributed by atoms with E-state index in [1.807, 2.05) is 57.6 Å². The van der Waals surface area contributed by atoms with Gasteiger partial charge in [0.15, 0.2) is 6.10 Å². The van der Waals surface area contributed by atoms with Crippen LogP contribution in [-0.4, -0.2) is 70.0 Å². The van der Waals surface area contributed by atoms with E-state index < -0.39 is 32.5 Å². The summed E-state index contributed by atoms with van der Waals surface area (Å²) in [4.78, 5) is 37.6. The van der Waals surface area contributed by atoms with E-state index in [0.717, 1.165) is 64.2 Å². The number of allylic oxidation sites excluding steroid dienone is 14. The van der Waals surface area contributed by atoms with E-state index >= 15 is 0 Å². The third-order valence-electron chi connectivity index (χ3n) is 9.51. The maximum atomic E-state index is 12.7. The normalized spacial score (nSPS) is 14.3. The van der Waals surface area contributed by atoms with E-state index in [4.69, 9.17) is 18.5 Å². The lowest BCUT2D eigenvalue weighted by molar-refractivity contribution is -0.870. The number of hydrogen-bond donors (Lipinski definition) is 0. The van der Waals surface area contributed by atoms with Crippen molar-refractivity contribution in [2.75, 3.05) is 47.5 Å². The first-order valence-electron chi connectivity index (χ1n) is 23.3. The van der Waals surface area contributed by atoms with Crippen LogP contribution >= 0.6 is 7.82 Å². The molecule has 0 aromatic heterocycles. The second-order valence-electron chi connectivity index (χ2n) is 16.4. The molecule has 0 amide bonds. The van der Waals surface area contributed by atoms with Crippen LogP contribution in [0.4, 0.5) is 0 Å². The molecule has 344 valence electrons. The van der Waals surface area contributed by atoms with Gasteiger partial charge in [0.25, 0.3) is 7.82 Å². The molecule has 0 aliphatic carbocycles. The lowest BCUT2D eigenvalue weighted by atomic mass is 10.0. The molecule has 9 nitrogen and oxygen atoms in total. The SMILES string of the molecule is CC/C=C/C=C/C=C/C=C/CCCCCC(=O)OC(COC(=O)CCCCCCCCCCCCCCC/C=C/C/C=C/C/C=C/CC)COP(=O)([O-])OCC[N+](C)(C)C. The molecule has 0 bridgehead atoms. The van der Waals surface area contributed by atoms with Crippen molar-refractivity contribution in [3.8, 4) is 0 Å². The largest absolute Gasteiger partial charge is 0.756 e. The zero-order valence-electron chi connectivity index (χ0n) is 38.6. The van der Waals surface area contributed by atoms with E-state index in [2.05, 4.69) is 62.5 Å². The van der Waals surface area contributed by atoms with Crippen molar-refractivity contribution in [2.24, 2.45) is 0 Å². The summed E-state index contributed by atoms with van der Waals surface area (Å²) < 4.78 is 33.9. The molecule has 0 heterocycles. The fourth-order valence-electron chi connectivity index (χ4n) is 5.91. The van der Waals surface area contributed by atoms with Gasteiger partial charge in [-0.3, -0.25) is 14.2 Å². The van der Waals surface area contributed by atoms with Crippen LogP contribution < -0.4 is 4.89 Å². The van der Waals surface area contributed by atoms with Crippen molar-refractivity contribution >= 4 is 19.8 Å². The first kappa shape index (κ1) is 57.2. The van der Waals surface area contributed by atoms with Crippen molar-refractivity contribution in [1.29, 1.82) is 0 Å². The Labute approximate surface area is 367 Å². The van der Waals surface area contributed by atoms with E-state index in [1.165, 1.54) is 70.6 Å². The highest BCUT2D eigenvalue weighted by Gasteiger charge is 2.21. The predicted octanol–water partition coefficient (Wildman–Crippen LogP) is 12.9. The molecule has 0 saturated carbocycles. The number of carbonyl (C=O) groups excluding carboxylic acids is 2. The van der Waals surface area contributed by atoms with Crippen LogP contribution in [0.5, 0.6) is 0 Å². The fourth-order valence-corrected chi connectivity index (χ4v) is 6.64. The highest BCUT2D eigenvalue weighted by atomic mass is 31.2. The number of ether oxygens (including phenoxy) is 2. The highest BCUT2D eigenvalue weighted by Crippen LogP contribution is 2.38. The first-order chi connectivity index (χ1) is 29.0. The van der Waals surface area contributed by atoms with Gasteiger partial charge in [-0.2, -0.15) is 0 Å². The quantitative estimate of drug-likeness (QED) is 0.0149. The first-order valence-corrected chi connectivity index (χ1v) is 24.8. The van der Waals surface area contributed by atoms with E-state index in [9.17, 15) is 19.0 Å². The average Bonchev–Trinajstić information content (AvgIpc) is 3.20. The van der Waals surface area contributed by atoms with Crippen LogP contribution in [0, 0.1) is 0 Å². The fraction of sp³-hybridized carbons (Fsp3) is 0.680. The van der Waals surface area contributed by atoms with Crippen molar-refractivity contribution in [1.82, 2.24) is 0 Å². The van der Waals surface area contributed by atoms with E-state index in [0.29, 0.717) is 17.4 Å². The third kappa shape index (κ3) is 44.7. The second kappa shape index (κ2) is 41.5. The molecule has 0 aliphatic heterocycles. The number of nitrogens with zero attached hydrogens (tertiary/aromatic N) is 1. The molecule has 10 heteroatoms. The number of esters is 2. The van der Waals surface area contributed by atoms with Crippen LogP contribution in [0.15, 0.2) is 85.1 Å². The Bertz CT molecular complexity index is 1290. The summed E-state index contributed by atoms with van der Waals surface area (Å²) in [6.07, 6.45) is 53.4. The topological polar surface area (TPSA) is 111 Å². The minimum Gasteiger partial charge on any atom is -0.756 e. The molecule has 0 N–H and O–H groups in total. The van der Waals surface area contributed by atoms with Crippen LogP contribution in [0.1, 0.15) is 168 Å². The standard InChI is InChI=1S/C50H86NO8P/c1-6-8-10-12-14-16-18-20-21-22-23-24-25-26-27-28-29-31-32-34-36-38-40-42-49(52)56-46-48(47-58-60(54,55)57-45-44-51(3,4)5)59-50(53)43-41-39-37-35-33-30-19-17-15-13-11-9-7-2/h8-11,13-17,19-21,30,33,48H,6-7,12,18,22-29,31-32,34-47H2,1-5H3/b10-8+,11-9+,15-13+,16-14+,19-17+,21-20+,33-30+. The molecule has 0 rings (SSSR count). The van der Waals surface area contributed by atoms with Crippen molar-refractivity contribution in [2.45, 2.75) is 174 Å². The van der Waals surface area contributed by atoms with Crippen LogP contribution in [0.2, 0.25) is 0 Å². The van der Waals surface area contributed by atoms with Gasteiger partial charge in [0, 0.05) is 12.8 Å². The van der Waals surface area contributed by atoms with E-state index in [1.54, 1.807) is 0 Å². The lowest BCUT2D eigenvalue weighted by Crippen LogP contribution is -2.37. The van der Waals surface area contributed by atoms with Gasteiger partial charge in [-0.1, -0.05) is 176 Å². The third-order valence-corrected chi connectivity index (χ3v) is 10.5. The van der Waals surface area contributed by atoms with Crippen molar-refractivity contribution in [3.05, 3.63) is 85.1 Å². The molecule has 0 aromatic rings. The summed E-state index contributed by atoms with van der Waals surface area (Å²) in [6, 6.07) is 0. The summed E-state index contributed by atoms with van der Waals surface area (Å²) >= 11 is 0. The molecule has 2 unspecified atom stereocenters. The number of likely N-dealkylation sites (N-methyl/N-ethyl adjacent to an activating group) is 1. The van der Waals surface area contributed by atoms with Gasteiger partial charge in [0.2, 0.25) is 0 Å². The second-order valence-corrected chi connectivity index (χ2v) is 17.9.